The van der Waals surface area contributed by atoms with Crippen LogP contribution >= 0.6 is 0 Å². The number of rotatable bonds is 3. The van der Waals surface area contributed by atoms with Crippen molar-refractivity contribution in [1.29, 1.82) is 0 Å². The van der Waals surface area contributed by atoms with Gasteiger partial charge < -0.3 is 19.7 Å². The van der Waals surface area contributed by atoms with Gasteiger partial charge in [0.25, 0.3) is 0 Å². The van der Waals surface area contributed by atoms with E-state index < -0.39 is 0 Å². The van der Waals surface area contributed by atoms with Crippen molar-refractivity contribution in [2.75, 3.05) is 0 Å². The highest BCUT2D eigenvalue weighted by atomic mass is 16.3. The number of aromatic nitrogens is 1. The highest BCUT2D eigenvalue weighted by Gasteiger charge is 2.12. The van der Waals surface area contributed by atoms with Gasteiger partial charge in [-0.25, -0.2) is 4.98 Å². The highest BCUT2D eigenvalue weighted by molar-refractivity contribution is 5.86. The Balaban J connectivity index is 1.71. The lowest BCUT2D eigenvalue weighted by atomic mass is 10.1. The minimum absolute atomic E-state index is 0.0254. The Kier molecular flexibility index (Phi) is 3.78. The molecule has 0 radical (unpaired) electrons. The van der Waals surface area contributed by atoms with Crippen LogP contribution in [0.25, 0.3) is 22.6 Å². The van der Waals surface area contributed by atoms with Crippen molar-refractivity contribution in [3.63, 3.8) is 0 Å². The van der Waals surface area contributed by atoms with Gasteiger partial charge in [-0.3, -0.25) is 4.99 Å². The van der Waals surface area contributed by atoms with E-state index in [2.05, 4.69) is 9.98 Å². The number of phenols is 3. The molecule has 0 aliphatic heterocycles. The maximum absolute atomic E-state index is 10.2. The van der Waals surface area contributed by atoms with Crippen LogP contribution in [0, 0.1) is 0 Å². The van der Waals surface area contributed by atoms with Crippen molar-refractivity contribution in [1.82, 2.24) is 4.98 Å². The first-order chi connectivity index (χ1) is 12.6. The van der Waals surface area contributed by atoms with Gasteiger partial charge in [0, 0.05) is 17.8 Å². The summed E-state index contributed by atoms with van der Waals surface area (Å²) < 4.78 is 5.69. The summed E-state index contributed by atoms with van der Waals surface area (Å²) in [7, 11) is 0. The Morgan fingerprint density at radius 1 is 0.885 bits per heavy atom. The number of para-hydroxylation sites is 2. The number of fused-ring (bicyclic) bond motifs is 1. The molecule has 0 fully saturated rings. The fraction of sp³-hybridized carbons (Fsp3) is 0. The third-order valence-corrected chi connectivity index (χ3v) is 3.87. The Morgan fingerprint density at radius 2 is 1.73 bits per heavy atom. The molecule has 128 valence electrons. The molecular formula is C20H14N2O4. The molecule has 0 aliphatic carbocycles. The van der Waals surface area contributed by atoms with E-state index in [1.54, 1.807) is 24.3 Å². The molecule has 0 atom stereocenters. The summed E-state index contributed by atoms with van der Waals surface area (Å²) in [5.74, 6) is 0.227. The number of hydrogen-bond donors (Lipinski definition) is 3. The molecular weight excluding hydrogens is 332 g/mol. The second kappa shape index (κ2) is 6.25. The zero-order valence-corrected chi connectivity index (χ0v) is 13.5. The lowest BCUT2D eigenvalue weighted by molar-refractivity contribution is 0.450. The number of aliphatic imine (C=N–C) groups is 1. The Labute approximate surface area is 148 Å². The molecule has 1 heterocycles. The summed E-state index contributed by atoms with van der Waals surface area (Å²) in [4.78, 5) is 8.68. The van der Waals surface area contributed by atoms with E-state index in [9.17, 15) is 15.3 Å². The van der Waals surface area contributed by atoms with Crippen LogP contribution in [0.3, 0.4) is 0 Å². The Hall–Kier alpha value is -3.80. The fourth-order valence-corrected chi connectivity index (χ4v) is 2.55. The third kappa shape index (κ3) is 2.95. The maximum atomic E-state index is 10.2. The summed E-state index contributed by atoms with van der Waals surface area (Å²) in [6.45, 7) is 0. The van der Waals surface area contributed by atoms with Crippen molar-refractivity contribution in [3.05, 3.63) is 66.2 Å². The van der Waals surface area contributed by atoms with Gasteiger partial charge in [-0.15, -0.1) is 0 Å². The van der Waals surface area contributed by atoms with Gasteiger partial charge in [0.15, 0.2) is 5.58 Å². The quantitative estimate of drug-likeness (QED) is 0.479. The van der Waals surface area contributed by atoms with Gasteiger partial charge >= 0.3 is 0 Å². The van der Waals surface area contributed by atoms with E-state index in [0.29, 0.717) is 33.8 Å². The molecule has 1 aromatic heterocycles. The summed E-state index contributed by atoms with van der Waals surface area (Å²) in [5, 5.41) is 29.3. The Morgan fingerprint density at radius 3 is 2.54 bits per heavy atom. The predicted octanol–water partition coefficient (Wildman–Crippen LogP) is 4.36. The van der Waals surface area contributed by atoms with Crippen molar-refractivity contribution < 1.29 is 19.7 Å². The van der Waals surface area contributed by atoms with Gasteiger partial charge in [0.2, 0.25) is 5.89 Å². The predicted molar refractivity (Wildman–Crippen MR) is 98.1 cm³/mol. The van der Waals surface area contributed by atoms with Crippen molar-refractivity contribution in [2.45, 2.75) is 0 Å². The standard InChI is InChI=1S/C20H14N2O4/c23-14-7-5-12(18(25)10-14)11-21-13-6-8-17(24)15(9-13)20-22-16-3-1-2-4-19(16)26-20/h1-11,23-25H. The molecule has 0 amide bonds. The zero-order chi connectivity index (χ0) is 18.1. The van der Waals surface area contributed by atoms with Crippen LogP contribution in [0.5, 0.6) is 17.2 Å². The normalized spacial score (nSPS) is 11.4. The van der Waals surface area contributed by atoms with Gasteiger partial charge in [-0.1, -0.05) is 12.1 Å². The molecule has 0 aliphatic rings. The van der Waals surface area contributed by atoms with Crippen molar-refractivity contribution in [2.24, 2.45) is 4.99 Å². The van der Waals surface area contributed by atoms with Crippen LogP contribution in [0.4, 0.5) is 5.69 Å². The van der Waals surface area contributed by atoms with Crippen LogP contribution in [0.2, 0.25) is 0 Å². The molecule has 6 heteroatoms. The van der Waals surface area contributed by atoms with Crippen LogP contribution in [0.1, 0.15) is 5.56 Å². The van der Waals surface area contributed by atoms with Gasteiger partial charge in [0.05, 0.1) is 11.3 Å². The first-order valence-corrected chi connectivity index (χ1v) is 7.85. The van der Waals surface area contributed by atoms with Gasteiger partial charge in [0.1, 0.15) is 22.8 Å². The average Bonchev–Trinajstić information content (AvgIpc) is 3.06. The summed E-state index contributed by atoms with van der Waals surface area (Å²) >= 11 is 0. The molecule has 6 nitrogen and oxygen atoms in total. The lowest BCUT2D eigenvalue weighted by Gasteiger charge is -2.02. The molecule has 0 saturated carbocycles. The van der Waals surface area contributed by atoms with Crippen molar-refractivity contribution in [3.8, 4) is 28.7 Å². The molecule has 0 saturated heterocycles. The molecule has 3 N–H and O–H groups in total. The summed E-state index contributed by atoms with van der Waals surface area (Å²) in [6.07, 6.45) is 1.47. The molecule has 0 unspecified atom stereocenters. The van der Waals surface area contributed by atoms with E-state index >= 15 is 0 Å². The van der Waals surface area contributed by atoms with Crippen LogP contribution in [-0.4, -0.2) is 26.5 Å². The topological polar surface area (TPSA) is 99.1 Å². The first kappa shape index (κ1) is 15.7. The first-order valence-electron chi connectivity index (χ1n) is 7.85. The SMILES string of the molecule is Oc1ccc(C=Nc2ccc(O)c(-c3nc4ccccc4o3)c2)c(O)c1. The number of benzene rings is 3. The summed E-state index contributed by atoms with van der Waals surface area (Å²) in [5.41, 5.74) is 2.76. The minimum atomic E-state index is -0.0771. The molecule has 4 rings (SSSR count). The van der Waals surface area contributed by atoms with Crippen LogP contribution < -0.4 is 0 Å². The van der Waals surface area contributed by atoms with E-state index in [1.807, 2.05) is 18.2 Å². The van der Waals surface area contributed by atoms with Gasteiger partial charge in [-0.05, 0) is 42.5 Å². The molecule has 0 bridgehead atoms. The van der Waals surface area contributed by atoms with E-state index in [-0.39, 0.29) is 17.2 Å². The zero-order valence-electron chi connectivity index (χ0n) is 13.5. The second-order valence-electron chi connectivity index (χ2n) is 5.69. The van der Waals surface area contributed by atoms with Crippen molar-refractivity contribution >= 4 is 23.0 Å². The number of phenolic OH excluding ortho intramolecular Hbond substituents is 3. The molecule has 3 aromatic carbocycles. The molecule has 0 spiro atoms. The summed E-state index contributed by atoms with van der Waals surface area (Å²) in [6, 6.07) is 16.4. The van der Waals surface area contributed by atoms with Gasteiger partial charge in [-0.2, -0.15) is 0 Å². The number of nitrogens with zero attached hydrogens (tertiary/aromatic N) is 2. The smallest absolute Gasteiger partial charge is 0.231 e. The molecule has 4 aromatic rings. The minimum Gasteiger partial charge on any atom is -0.508 e. The lowest BCUT2D eigenvalue weighted by Crippen LogP contribution is -1.83. The molecule has 26 heavy (non-hydrogen) atoms. The highest BCUT2D eigenvalue weighted by Crippen LogP contribution is 2.34. The van der Waals surface area contributed by atoms with Crippen LogP contribution in [-0.2, 0) is 0 Å². The van der Waals surface area contributed by atoms with E-state index in [1.165, 1.54) is 24.4 Å². The van der Waals surface area contributed by atoms with E-state index in [4.69, 9.17) is 4.42 Å². The Bertz CT molecular complexity index is 1100. The van der Waals surface area contributed by atoms with E-state index in [0.717, 1.165) is 0 Å². The number of hydrogen-bond acceptors (Lipinski definition) is 6. The van der Waals surface area contributed by atoms with Crippen LogP contribution in [0.15, 0.2) is 70.1 Å². The fourth-order valence-electron chi connectivity index (χ4n) is 2.55. The maximum Gasteiger partial charge on any atom is 0.231 e. The monoisotopic (exact) mass is 346 g/mol. The third-order valence-electron chi connectivity index (χ3n) is 3.87. The largest absolute Gasteiger partial charge is 0.508 e. The number of aromatic hydroxyl groups is 3. The average molecular weight is 346 g/mol. The number of oxazole rings is 1. The second-order valence-corrected chi connectivity index (χ2v) is 5.69.